The summed E-state index contributed by atoms with van der Waals surface area (Å²) in [5.41, 5.74) is 5.62. The van der Waals surface area contributed by atoms with Gasteiger partial charge in [-0.1, -0.05) is 27.7 Å². The van der Waals surface area contributed by atoms with Crippen molar-refractivity contribution in [3.63, 3.8) is 0 Å². The third-order valence-corrected chi connectivity index (χ3v) is 3.92. The lowest BCUT2D eigenvalue weighted by Gasteiger charge is -2.36. The third-order valence-electron chi connectivity index (χ3n) is 3.92. The number of hydrogen-bond acceptors (Lipinski definition) is 3. The highest BCUT2D eigenvalue weighted by molar-refractivity contribution is 5.88. The Balaban J connectivity index is 0.00000400. The topological polar surface area (TPSA) is 66.6 Å². The minimum atomic E-state index is -0.344. The van der Waals surface area contributed by atoms with E-state index in [0.717, 1.165) is 6.42 Å². The van der Waals surface area contributed by atoms with Gasteiger partial charge in [0.2, 0.25) is 11.8 Å². The van der Waals surface area contributed by atoms with Crippen LogP contribution in [0.3, 0.4) is 0 Å². The van der Waals surface area contributed by atoms with Gasteiger partial charge in [-0.15, -0.1) is 12.4 Å². The molecule has 0 aromatic heterocycles. The highest BCUT2D eigenvalue weighted by atomic mass is 35.5. The van der Waals surface area contributed by atoms with E-state index in [0.29, 0.717) is 26.1 Å². The van der Waals surface area contributed by atoms with Crippen molar-refractivity contribution in [2.45, 2.75) is 46.6 Å². The van der Waals surface area contributed by atoms with Gasteiger partial charge in [0.25, 0.3) is 0 Å². The molecule has 6 heteroatoms. The second kappa shape index (κ2) is 7.99. The van der Waals surface area contributed by atoms with E-state index in [1.165, 1.54) is 0 Å². The molecule has 1 saturated heterocycles. The molecule has 0 aliphatic carbocycles. The van der Waals surface area contributed by atoms with E-state index in [1.807, 2.05) is 27.7 Å². The summed E-state index contributed by atoms with van der Waals surface area (Å²) in [4.78, 5) is 28.1. The lowest BCUT2D eigenvalue weighted by atomic mass is 9.92. The fourth-order valence-corrected chi connectivity index (χ4v) is 2.75. The Bertz CT molecular complexity index is 372. The van der Waals surface area contributed by atoms with Crippen LogP contribution in [0.4, 0.5) is 0 Å². The van der Waals surface area contributed by atoms with Crippen LogP contribution in [-0.4, -0.2) is 54.3 Å². The summed E-state index contributed by atoms with van der Waals surface area (Å²) in [6, 6.07) is -0.344. The van der Waals surface area contributed by atoms with E-state index in [2.05, 4.69) is 0 Å². The van der Waals surface area contributed by atoms with Gasteiger partial charge >= 0.3 is 0 Å². The molecule has 1 unspecified atom stereocenters. The Morgan fingerprint density at radius 3 is 2.38 bits per heavy atom. The molecule has 5 nitrogen and oxygen atoms in total. The van der Waals surface area contributed by atoms with Gasteiger partial charge in [-0.2, -0.15) is 0 Å². The van der Waals surface area contributed by atoms with Crippen molar-refractivity contribution < 1.29 is 9.59 Å². The molecule has 0 spiro atoms. The van der Waals surface area contributed by atoms with Crippen molar-refractivity contribution in [2.75, 3.05) is 26.7 Å². The predicted molar refractivity (Wildman–Crippen MR) is 87.3 cm³/mol. The van der Waals surface area contributed by atoms with E-state index < -0.39 is 0 Å². The van der Waals surface area contributed by atoms with E-state index >= 15 is 0 Å². The fraction of sp³-hybridized carbons (Fsp3) is 0.867. The number of likely N-dealkylation sites (N-methyl/N-ethyl adjacent to an activating group) is 1. The van der Waals surface area contributed by atoms with Crippen LogP contribution in [-0.2, 0) is 9.59 Å². The van der Waals surface area contributed by atoms with Crippen LogP contribution in [0.25, 0.3) is 0 Å². The van der Waals surface area contributed by atoms with Crippen molar-refractivity contribution in [1.82, 2.24) is 9.80 Å². The van der Waals surface area contributed by atoms with Crippen molar-refractivity contribution in [3.05, 3.63) is 0 Å². The average molecular weight is 320 g/mol. The van der Waals surface area contributed by atoms with Gasteiger partial charge in [0.15, 0.2) is 0 Å². The fourth-order valence-electron chi connectivity index (χ4n) is 2.75. The van der Waals surface area contributed by atoms with Gasteiger partial charge < -0.3 is 15.5 Å². The third kappa shape index (κ3) is 5.15. The van der Waals surface area contributed by atoms with E-state index in [1.54, 1.807) is 16.8 Å². The molecule has 124 valence electrons. The normalized spacial score (nSPS) is 16.9. The van der Waals surface area contributed by atoms with Crippen molar-refractivity contribution >= 4 is 24.2 Å². The molecule has 0 saturated carbocycles. The maximum atomic E-state index is 12.7. The molecular formula is C15H30ClN3O2. The second-order valence-electron chi connectivity index (χ2n) is 6.94. The molecule has 0 bridgehead atoms. The highest BCUT2D eigenvalue weighted by Crippen LogP contribution is 2.22. The van der Waals surface area contributed by atoms with Crippen LogP contribution in [0.1, 0.15) is 40.5 Å². The standard InChI is InChI=1S/C15H29N3O2.ClH/c1-11(2)13(18-8-6-7-12(18)19)14(20)17(5)10-15(3,4)9-16;/h11,13H,6-10,16H2,1-5H3;1H. The van der Waals surface area contributed by atoms with Crippen LogP contribution in [0, 0.1) is 11.3 Å². The van der Waals surface area contributed by atoms with Gasteiger partial charge in [0, 0.05) is 26.6 Å². The number of carbonyl (C=O) groups excluding carboxylic acids is 2. The zero-order valence-electron chi connectivity index (χ0n) is 13.9. The van der Waals surface area contributed by atoms with Crippen molar-refractivity contribution in [3.8, 4) is 0 Å². The number of rotatable bonds is 6. The summed E-state index contributed by atoms with van der Waals surface area (Å²) in [6.45, 7) is 9.91. The molecule has 1 heterocycles. The molecule has 0 aromatic carbocycles. The van der Waals surface area contributed by atoms with E-state index in [-0.39, 0.29) is 41.6 Å². The number of hydrogen-bond donors (Lipinski definition) is 1. The average Bonchev–Trinajstić information content (AvgIpc) is 2.75. The second-order valence-corrected chi connectivity index (χ2v) is 6.94. The first kappa shape index (κ1) is 20.2. The summed E-state index contributed by atoms with van der Waals surface area (Å²) < 4.78 is 0. The maximum Gasteiger partial charge on any atom is 0.245 e. The molecule has 0 radical (unpaired) electrons. The van der Waals surface area contributed by atoms with Gasteiger partial charge in [0.05, 0.1) is 0 Å². The lowest BCUT2D eigenvalue weighted by molar-refractivity contribution is -0.145. The number of amides is 2. The van der Waals surface area contributed by atoms with Crippen LogP contribution >= 0.6 is 12.4 Å². The van der Waals surface area contributed by atoms with Crippen molar-refractivity contribution in [1.29, 1.82) is 0 Å². The lowest BCUT2D eigenvalue weighted by Crippen LogP contribution is -2.52. The minimum absolute atomic E-state index is 0. The molecule has 1 fully saturated rings. The summed E-state index contributed by atoms with van der Waals surface area (Å²) in [6.07, 6.45) is 1.42. The molecule has 2 amide bonds. The first-order valence-corrected chi connectivity index (χ1v) is 7.44. The van der Waals surface area contributed by atoms with Crippen LogP contribution in [0.2, 0.25) is 0 Å². The van der Waals surface area contributed by atoms with Crippen molar-refractivity contribution in [2.24, 2.45) is 17.1 Å². The number of nitrogens with two attached hydrogens (primary N) is 1. The first-order valence-electron chi connectivity index (χ1n) is 7.44. The first-order chi connectivity index (χ1) is 9.19. The Labute approximate surface area is 134 Å². The number of halogens is 1. The highest BCUT2D eigenvalue weighted by Gasteiger charge is 2.37. The predicted octanol–water partition coefficient (Wildman–Crippen LogP) is 1.50. The van der Waals surface area contributed by atoms with E-state index in [4.69, 9.17) is 5.73 Å². The summed E-state index contributed by atoms with van der Waals surface area (Å²) in [5, 5.41) is 0. The Morgan fingerprint density at radius 1 is 1.43 bits per heavy atom. The SMILES string of the molecule is CC(C)C(C(=O)N(C)CC(C)(C)CN)N1CCCC1=O.Cl. The molecule has 1 rings (SSSR count). The number of nitrogens with zero attached hydrogens (tertiary/aromatic N) is 2. The molecular weight excluding hydrogens is 290 g/mol. The molecule has 0 aromatic rings. The molecule has 1 aliphatic rings. The molecule has 2 N–H and O–H groups in total. The Morgan fingerprint density at radius 2 is 2.00 bits per heavy atom. The maximum absolute atomic E-state index is 12.7. The Hall–Kier alpha value is -0.810. The van der Waals surface area contributed by atoms with Crippen LogP contribution in [0.15, 0.2) is 0 Å². The summed E-state index contributed by atoms with van der Waals surface area (Å²) in [5.74, 6) is 0.244. The van der Waals surface area contributed by atoms with Gasteiger partial charge in [-0.25, -0.2) is 0 Å². The zero-order chi connectivity index (χ0) is 15.5. The summed E-state index contributed by atoms with van der Waals surface area (Å²) >= 11 is 0. The molecule has 21 heavy (non-hydrogen) atoms. The minimum Gasteiger partial charge on any atom is -0.343 e. The number of likely N-dealkylation sites (tertiary alicyclic amines) is 1. The summed E-state index contributed by atoms with van der Waals surface area (Å²) in [7, 11) is 1.80. The van der Waals surface area contributed by atoms with Crippen LogP contribution < -0.4 is 5.73 Å². The van der Waals surface area contributed by atoms with E-state index in [9.17, 15) is 9.59 Å². The largest absolute Gasteiger partial charge is 0.343 e. The molecule has 1 atom stereocenters. The van der Waals surface area contributed by atoms with Crippen LogP contribution in [0.5, 0.6) is 0 Å². The van der Waals surface area contributed by atoms with Gasteiger partial charge in [-0.05, 0) is 24.3 Å². The van der Waals surface area contributed by atoms with Gasteiger partial charge in [-0.3, -0.25) is 9.59 Å². The monoisotopic (exact) mass is 319 g/mol. The zero-order valence-corrected chi connectivity index (χ0v) is 14.7. The van der Waals surface area contributed by atoms with Gasteiger partial charge in [0.1, 0.15) is 6.04 Å². The Kier molecular flexibility index (Phi) is 7.68. The molecule has 1 aliphatic heterocycles. The smallest absolute Gasteiger partial charge is 0.245 e. The number of carbonyl (C=O) groups is 2. The quantitative estimate of drug-likeness (QED) is 0.806.